The van der Waals surface area contributed by atoms with Crippen molar-refractivity contribution in [2.45, 2.75) is 17.7 Å². The molecule has 0 saturated carbocycles. The van der Waals surface area contributed by atoms with Crippen molar-refractivity contribution in [3.05, 3.63) is 39.8 Å². The fourth-order valence-corrected chi connectivity index (χ4v) is 3.96. The van der Waals surface area contributed by atoms with Gasteiger partial charge in [0.1, 0.15) is 0 Å². The number of aryl methyl sites for hydroxylation is 2. The van der Waals surface area contributed by atoms with Crippen molar-refractivity contribution in [3.63, 3.8) is 0 Å². The molecule has 0 radical (unpaired) electrons. The van der Waals surface area contributed by atoms with Crippen molar-refractivity contribution in [1.82, 2.24) is 14.3 Å². The van der Waals surface area contributed by atoms with E-state index in [4.69, 9.17) is 10.2 Å². The van der Waals surface area contributed by atoms with E-state index >= 15 is 0 Å². The SMILES string of the molecule is Cn1c(=O)oc2ccc(S(=O)(=O)NCCCc3csc(N)n3)cc21. The van der Waals surface area contributed by atoms with Gasteiger partial charge in [0.15, 0.2) is 10.7 Å². The molecule has 8 nitrogen and oxygen atoms in total. The number of nitrogens with one attached hydrogen (secondary N) is 1. The number of oxazole rings is 1. The highest BCUT2D eigenvalue weighted by Crippen LogP contribution is 2.18. The maximum Gasteiger partial charge on any atom is 0.419 e. The monoisotopic (exact) mass is 368 g/mol. The summed E-state index contributed by atoms with van der Waals surface area (Å²) in [6.45, 7) is 0.280. The van der Waals surface area contributed by atoms with Gasteiger partial charge in [-0.1, -0.05) is 0 Å². The largest absolute Gasteiger partial charge is 0.419 e. The maximum absolute atomic E-state index is 12.3. The standard InChI is InChI=1S/C14H16N4O4S2/c1-18-11-7-10(4-5-12(11)22-14(18)19)24(20,21)16-6-2-3-9-8-23-13(15)17-9/h4-5,7-8,16H,2-3,6H2,1H3,(H2,15,17). The molecular weight excluding hydrogens is 352 g/mol. The van der Waals surface area contributed by atoms with Gasteiger partial charge in [0.25, 0.3) is 0 Å². The lowest BCUT2D eigenvalue weighted by molar-refractivity contribution is 0.528. The Morgan fingerprint density at radius 1 is 1.42 bits per heavy atom. The van der Waals surface area contributed by atoms with Crippen LogP contribution in [0.25, 0.3) is 11.1 Å². The van der Waals surface area contributed by atoms with Crippen LogP contribution in [0.15, 0.2) is 37.7 Å². The van der Waals surface area contributed by atoms with Crippen LogP contribution in [0, 0.1) is 0 Å². The number of nitrogens with two attached hydrogens (primary N) is 1. The molecule has 0 amide bonds. The Morgan fingerprint density at radius 2 is 2.21 bits per heavy atom. The van der Waals surface area contributed by atoms with Crippen molar-refractivity contribution in [1.29, 1.82) is 0 Å². The third-order valence-electron chi connectivity index (χ3n) is 3.54. The summed E-state index contributed by atoms with van der Waals surface area (Å²) in [4.78, 5) is 15.7. The maximum atomic E-state index is 12.3. The fraction of sp³-hybridized carbons (Fsp3) is 0.286. The molecule has 128 valence electrons. The second kappa shape index (κ2) is 6.38. The van der Waals surface area contributed by atoms with Crippen LogP contribution in [0.4, 0.5) is 5.13 Å². The summed E-state index contributed by atoms with van der Waals surface area (Å²) < 4.78 is 33.5. The lowest BCUT2D eigenvalue weighted by Gasteiger charge is -2.06. The molecule has 0 bridgehead atoms. The summed E-state index contributed by atoms with van der Waals surface area (Å²) in [5, 5.41) is 2.36. The summed E-state index contributed by atoms with van der Waals surface area (Å²) >= 11 is 1.36. The molecule has 0 aliphatic rings. The molecule has 2 heterocycles. The van der Waals surface area contributed by atoms with E-state index in [-0.39, 0.29) is 11.4 Å². The van der Waals surface area contributed by atoms with Gasteiger partial charge in [0, 0.05) is 19.0 Å². The molecule has 0 aliphatic carbocycles. The molecule has 0 aliphatic heterocycles. The van der Waals surface area contributed by atoms with Gasteiger partial charge in [0.2, 0.25) is 10.0 Å². The normalized spacial score (nSPS) is 12.0. The Morgan fingerprint density at radius 3 is 2.92 bits per heavy atom. The minimum atomic E-state index is -3.66. The summed E-state index contributed by atoms with van der Waals surface area (Å²) in [5.74, 6) is -0.532. The van der Waals surface area contributed by atoms with E-state index in [0.29, 0.717) is 29.1 Å². The highest BCUT2D eigenvalue weighted by atomic mass is 32.2. The lowest BCUT2D eigenvalue weighted by atomic mass is 10.2. The minimum absolute atomic E-state index is 0.0873. The van der Waals surface area contributed by atoms with Crippen molar-refractivity contribution in [2.24, 2.45) is 7.05 Å². The van der Waals surface area contributed by atoms with Crippen LogP contribution >= 0.6 is 11.3 Å². The van der Waals surface area contributed by atoms with Gasteiger partial charge in [-0.25, -0.2) is 22.9 Å². The van der Waals surface area contributed by atoms with E-state index in [1.807, 2.05) is 5.38 Å². The average molecular weight is 368 g/mol. The fourth-order valence-electron chi connectivity index (χ4n) is 2.27. The number of thiazole rings is 1. The number of nitrogens with zero attached hydrogens (tertiary/aromatic N) is 2. The number of anilines is 1. The van der Waals surface area contributed by atoms with Crippen LogP contribution < -0.4 is 16.2 Å². The Balaban J connectivity index is 1.68. The highest BCUT2D eigenvalue weighted by Gasteiger charge is 2.16. The zero-order chi connectivity index (χ0) is 17.3. The molecule has 24 heavy (non-hydrogen) atoms. The van der Waals surface area contributed by atoms with Crippen LogP contribution in [0.1, 0.15) is 12.1 Å². The smallest absolute Gasteiger partial charge is 0.408 e. The lowest BCUT2D eigenvalue weighted by Crippen LogP contribution is -2.25. The second-order valence-electron chi connectivity index (χ2n) is 5.23. The Hall–Kier alpha value is -2.17. The van der Waals surface area contributed by atoms with Crippen LogP contribution in [0.3, 0.4) is 0 Å². The first-order chi connectivity index (χ1) is 11.4. The Labute approximate surface area is 142 Å². The third kappa shape index (κ3) is 3.35. The van der Waals surface area contributed by atoms with Crippen LogP contribution in [0.2, 0.25) is 0 Å². The molecule has 1 aromatic carbocycles. The van der Waals surface area contributed by atoms with Crippen molar-refractivity contribution in [2.75, 3.05) is 12.3 Å². The number of aromatic nitrogens is 2. The molecule has 0 saturated heterocycles. The number of hydrogen-bond donors (Lipinski definition) is 2. The quantitative estimate of drug-likeness (QED) is 0.628. The molecule has 3 rings (SSSR count). The number of hydrogen-bond acceptors (Lipinski definition) is 7. The van der Waals surface area contributed by atoms with Gasteiger partial charge < -0.3 is 10.2 Å². The summed E-state index contributed by atoms with van der Waals surface area (Å²) in [7, 11) is -2.13. The average Bonchev–Trinajstić information content (AvgIpc) is 3.08. The first-order valence-corrected chi connectivity index (χ1v) is 9.52. The molecule has 0 spiro atoms. The number of nitrogen functional groups attached to an aromatic ring is 1. The van der Waals surface area contributed by atoms with E-state index in [9.17, 15) is 13.2 Å². The van der Waals surface area contributed by atoms with E-state index in [0.717, 1.165) is 5.69 Å². The van der Waals surface area contributed by atoms with Crippen LogP contribution in [-0.2, 0) is 23.5 Å². The Bertz CT molecular complexity index is 1030. The molecule has 0 unspecified atom stereocenters. The minimum Gasteiger partial charge on any atom is -0.408 e. The van der Waals surface area contributed by atoms with Crippen molar-refractivity contribution < 1.29 is 12.8 Å². The van der Waals surface area contributed by atoms with Gasteiger partial charge in [-0.05, 0) is 31.0 Å². The molecule has 10 heteroatoms. The van der Waals surface area contributed by atoms with Gasteiger partial charge >= 0.3 is 5.76 Å². The second-order valence-corrected chi connectivity index (χ2v) is 7.89. The summed E-state index contributed by atoms with van der Waals surface area (Å²) in [5.41, 5.74) is 7.19. The predicted octanol–water partition coefficient (Wildman–Crippen LogP) is 1.08. The van der Waals surface area contributed by atoms with Gasteiger partial charge in [-0.3, -0.25) is 4.57 Å². The van der Waals surface area contributed by atoms with E-state index in [1.54, 1.807) is 0 Å². The zero-order valence-corrected chi connectivity index (χ0v) is 14.5. The summed E-state index contributed by atoms with van der Waals surface area (Å²) in [6.07, 6.45) is 1.25. The Kier molecular flexibility index (Phi) is 4.43. The van der Waals surface area contributed by atoms with Crippen molar-refractivity contribution >= 4 is 37.6 Å². The van der Waals surface area contributed by atoms with Crippen LogP contribution in [-0.4, -0.2) is 24.5 Å². The van der Waals surface area contributed by atoms with Crippen molar-refractivity contribution in [3.8, 4) is 0 Å². The molecular formula is C14H16N4O4S2. The molecule has 2 aromatic heterocycles. The molecule has 3 aromatic rings. The first kappa shape index (κ1) is 16.7. The third-order valence-corrected chi connectivity index (χ3v) is 5.73. The zero-order valence-electron chi connectivity index (χ0n) is 12.9. The number of rotatable bonds is 6. The van der Waals surface area contributed by atoms with Gasteiger partial charge in [-0.2, -0.15) is 0 Å². The van der Waals surface area contributed by atoms with E-state index in [2.05, 4.69) is 9.71 Å². The number of fused-ring (bicyclic) bond motifs is 1. The first-order valence-electron chi connectivity index (χ1n) is 7.16. The number of benzene rings is 1. The van der Waals surface area contributed by atoms with Gasteiger partial charge in [0.05, 0.1) is 16.1 Å². The number of sulfonamides is 1. The predicted molar refractivity (Wildman–Crippen MR) is 91.5 cm³/mol. The van der Waals surface area contributed by atoms with E-state index < -0.39 is 15.8 Å². The topological polar surface area (TPSA) is 120 Å². The van der Waals surface area contributed by atoms with E-state index in [1.165, 1.54) is 41.2 Å². The van der Waals surface area contributed by atoms with Crippen LogP contribution in [0.5, 0.6) is 0 Å². The molecule has 3 N–H and O–H groups in total. The summed E-state index contributed by atoms with van der Waals surface area (Å²) in [6, 6.07) is 4.31. The highest BCUT2D eigenvalue weighted by molar-refractivity contribution is 7.89. The molecule has 0 atom stereocenters. The van der Waals surface area contributed by atoms with Gasteiger partial charge in [-0.15, -0.1) is 11.3 Å². The molecule has 0 fully saturated rings.